The summed E-state index contributed by atoms with van der Waals surface area (Å²) in [5.41, 5.74) is 5.21. The van der Waals surface area contributed by atoms with E-state index in [-0.39, 0.29) is 12.0 Å². The number of nitrogens with two attached hydrogens (primary N) is 1. The molecule has 126 valence electrons. The molecule has 21 heavy (non-hydrogen) atoms. The summed E-state index contributed by atoms with van der Waals surface area (Å²) < 4.78 is 4.81. The lowest BCUT2D eigenvalue weighted by atomic mass is 9.93. The minimum Gasteiger partial charge on any atom is -0.468 e. The molecule has 0 aliphatic carbocycles. The van der Waals surface area contributed by atoms with E-state index >= 15 is 0 Å². The Morgan fingerprint density at radius 3 is 1.86 bits per heavy atom. The van der Waals surface area contributed by atoms with Gasteiger partial charge in [-0.2, -0.15) is 0 Å². The molecular formula is C17H36N2O2. The van der Waals surface area contributed by atoms with Crippen molar-refractivity contribution >= 4 is 5.97 Å². The first kappa shape index (κ1) is 20.4. The smallest absolute Gasteiger partial charge is 0.325 e. The zero-order valence-electron chi connectivity index (χ0n) is 15.1. The molecule has 0 radical (unpaired) electrons. The van der Waals surface area contributed by atoms with Crippen LogP contribution in [0, 0.1) is 11.8 Å². The molecule has 0 heterocycles. The molecule has 4 nitrogen and oxygen atoms in total. The molecule has 0 amide bonds. The average molecular weight is 300 g/mol. The van der Waals surface area contributed by atoms with Gasteiger partial charge in [-0.1, -0.05) is 27.7 Å². The lowest BCUT2D eigenvalue weighted by molar-refractivity contribution is -0.147. The van der Waals surface area contributed by atoms with Gasteiger partial charge in [-0.05, 0) is 58.0 Å². The fourth-order valence-corrected chi connectivity index (χ4v) is 2.46. The number of carbonyl (C=O) groups is 1. The van der Waals surface area contributed by atoms with E-state index in [1.54, 1.807) is 6.92 Å². The fraction of sp³-hybridized carbons (Fsp3) is 0.941. The van der Waals surface area contributed by atoms with Crippen LogP contribution in [0.1, 0.15) is 60.8 Å². The van der Waals surface area contributed by atoms with E-state index in [0.717, 1.165) is 13.1 Å². The van der Waals surface area contributed by atoms with Crippen molar-refractivity contribution in [1.29, 1.82) is 0 Å². The molecule has 0 aromatic heterocycles. The molecule has 0 aliphatic heterocycles. The van der Waals surface area contributed by atoms with Gasteiger partial charge in [0, 0.05) is 6.04 Å². The van der Waals surface area contributed by atoms with E-state index in [1.165, 1.54) is 20.0 Å². The SMILES string of the molecule is COC(=O)C(C)(N)CC(C)N(CCC(C)C)CCC(C)C. The highest BCUT2D eigenvalue weighted by atomic mass is 16.5. The first-order chi connectivity index (χ1) is 9.60. The maximum atomic E-state index is 11.8. The van der Waals surface area contributed by atoms with E-state index in [9.17, 15) is 4.79 Å². The molecule has 0 spiro atoms. The van der Waals surface area contributed by atoms with Gasteiger partial charge >= 0.3 is 5.97 Å². The second-order valence-electron chi connectivity index (χ2n) is 7.36. The van der Waals surface area contributed by atoms with Crippen molar-refractivity contribution in [2.24, 2.45) is 17.6 Å². The van der Waals surface area contributed by atoms with Crippen molar-refractivity contribution < 1.29 is 9.53 Å². The number of hydrogen-bond donors (Lipinski definition) is 1. The average Bonchev–Trinajstić information content (AvgIpc) is 2.36. The van der Waals surface area contributed by atoms with E-state index in [1.807, 2.05) is 0 Å². The Hall–Kier alpha value is -0.610. The van der Waals surface area contributed by atoms with Gasteiger partial charge in [0.1, 0.15) is 5.54 Å². The summed E-state index contributed by atoms with van der Waals surface area (Å²) in [5.74, 6) is 1.04. The number of methoxy groups -OCH3 is 1. The summed E-state index contributed by atoms with van der Waals surface area (Å²) in [7, 11) is 1.40. The molecule has 0 fully saturated rings. The van der Waals surface area contributed by atoms with Gasteiger partial charge in [0.05, 0.1) is 7.11 Å². The second kappa shape index (κ2) is 9.42. The molecule has 0 aromatic rings. The number of nitrogens with zero attached hydrogens (tertiary/aromatic N) is 1. The number of hydrogen-bond acceptors (Lipinski definition) is 4. The Bertz CT molecular complexity index is 289. The van der Waals surface area contributed by atoms with Crippen LogP contribution in [0.4, 0.5) is 0 Å². The molecule has 4 heteroatoms. The second-order valence-corrected chi connectivity index (χ2v) is 7.36. The van der Waals surface area contributed by atoms with Crippen LogP contribution in [0.2, 0.25) is 0 Å². The van der Waals surface area contributed by atoms with Crippen LogP contribution in [-0.2, 0) is 9.53 Å². The van der Waals surface area contributed by atoms with E-state index < -0.39 is 5.54 Å². The predicted molar refractivity (Wildman–Crippen MR) is 89.2 cm³/mol. The summed E-state index contributed by atoms with van der Waals surface area (Å²) in [6.45, 7) is 15.0. The van der Waals surface area contributed by atoms with Crippen LogP contribution < -0.4 is 5.73 Å². The molecule has 0 bridgehead atoms. The van der Waals surface area contributed by atoms with Crippen molar-refractivity contribution in [2.45, 2.75) is 72.4 Å². The zero-order valence-corrected chi connectivity index (χ0v) is 15.1. The third-order valence-electron chi connectivity index (χ3n) is 3.98. The molecule has 0 aliphatic rings. The van der Waals surface area contributed by atoms with E-state index in [4.69, 9.17) is 10.5 Å². The summed E-state index contributed by atoms with van der Waals surface area (Å²) in [6.07, 6.45) is 2.96. The molecule has 0 saturated carbocycles. The van der Waals surface area contributed by atoms with Crippen molar-refractivity contribution in [1.82, 2.24) is 4.90 Å². The standard InChI is InChI=1S/C17H36N2O2/c1-13(2)8-10-19(11-9-14(3)4)15(5)12-17(6,18)16(20)21-7/h13-15H,8-12,18H2,1-7H3. The van der Waals surface area contributed by atoms with E-state index in [0.29, 0.717) is 18.3 Å². The van der Waals surface area contributed by atoms with Crippen LogP contribution in [0.3, 0.4) is 0 Å². The summed E-state index contributed by atoms with van der Waals surface area (Å²) >= 11 is 0. The number of carbonyl (C=O) groups excluding carboxylic acids is 1. The predicted octanol–water partition coefficient (Wildman–Crippen LogP) is 3.05. The van der Waals surface area contributed by atoms with Gasteiger partial charge in [0.2, 0.25) is 0 Å². The minimum absolute atomic E-state index is 0.275. The van der Waals surface area contributed by atoms with Crippen LogP contribution in [0.15, 0.2) is 0 Å². The lowest BCUT2D eigenvalue weighted by Crippen LogP contribution is -2.51. The minimum atomic E-state index is -0.915. The van der Waals surface area contributed by atoms with Crippen molar-refractivity contribution in [3.63, 3.8) is 0 Å². The Labute approximate surface area is 131 Å². The topological polar surface area (TPSA) is 55.6 Å². The molecule has 0 saturated heterocycles. The molecule has 2 atom stereocenters. The van der Waals surface area contributed by atoms with Gasteiger partial charge in [-0.3, -0.25) is 4.79 Å². The molecular weight excluding hydrogens is 264 g/mol. The van der Waals surface area contributed by atoms with Gasteiger partial charge in [-0.15, -0.1) is 0 Å². The summed E-state index contributed by atoms with van der Waals surface area (Å²) in [5, 5.41) is 0. The van der Waals surface area contributed by atoms with Crippen LogP contribution >= 0.6 is 0 Å². The Morgan fingerprint density at radius 1 is 1.10 bits per heavy atom. The van der Waals surface area contributed by atoms with E-state index in [2.05, 4.69) is 39.5 Å². The van der Waals surface area contributed by atoms with Gasteiger partial charge in [0.15, 0.2) is 0 Å². The normalized spacial score (nSPS) is 16.3. The van der Waals surface area contributed by atoms with Crippen LogP contribution in [0.5, 0.6) is 0 Å². The first-order valence-corrected chi connectivity index (χ1v) is 8.21. The molecule has 2 N–H and O–H groups in total. The first-order valence-electron chi connectivity index (χ1n) is 8.21. The maximum absolute atomic E-state index is 11.8. The lowest BCUT2D eigenvalue weighted by Gasteiger charge is -2.34. The number of rotatable bonds is 10. The number of esters is 1. The Morgan fingerprint density at radius 2 is 1.52 bits per heavy atom. The number of ether oxygens (including phenoxy) is 1. The zero-order chi connectivity index (χ0) is 16.6. The fourth-order valence-electron chi connectivity index (χ4n) is 2.46. The highest BCUT2D eigenvalue weighted by Crippen LogP contribution is 2.18. The van der Waals surface area contributed by atoms with Crippen molar-refractivity contribution in [3.05, 3.63) is 0 Å². The largest absolute Gasteiger partial charge is 0.468 e. The Balaban J connectivity index is 4.67. The van der Waals surface area contributed by atoms with Crippen molar-refractivity contribution in [3.8, 4) is 0 Å². The summed E-state index contributed by atoms with van der Waals surface area (Å²) in [6, 6.07) is 0.275. The van der Waals surface area contributed by atoms with Gasteiger partial charge < -0.3 is 15.4 Å². The van der Waals surface area contributed by atoms with Crippen LogP contribution in [0.25, 0.3) is 0 Å². The molecule has 2 unspecified atom stereocenters. The highest BCUT2D eigenvalue weighted by Gasteiger charge is 2.33. The third-order valence-corrected chi connectivity index (χ3v) is 3.98. The summed E-state index contributed by atoms with van der Waals surface area (Å²) in [4.78, 5) is 14.2. The quantitative estimate of drug-likeness (QED) is 0.630. The monoisotopic (exact) mass is 300 g/mol. The van der Waals surface area contributed by atoms with Gasteiger partial charge in [-0.25, -0.2) is 0 Å². The van der Waals surface area contributed by atoms with Crippen LogP contribution in [-0.4, -0.2) is 42.6 Å². The highest BCUT2D eigenvalue weighted by molar-refractivity contribution is 5.79. The Kier molecular flexibility index (Phi) is 9.14. The third kappa shape index (κ3) is 8.42. The molecule has 0 aromatic carbocycles. The van der Waals surface area contributed by atoms with Crippen molar-refractivity contribution in [2.75, 3.05) is 20.2 Å². The van der Waals surface area contributed by atoms with Gasteiger partial charge in [0.25, 0.3) is 0 Å². The maximum Gasteiger partial charge on any atom is 0.325 e. The molecule has 0 rings (SSSR count).